The summed E-state index contributed by atoms with van der Waals surface area (Å²) >= 11 is 0. The maximum atomic E-state index is 13.6. The minimum atomic E-state index is -0.822. The van der Waals surface area contributed by atoms with Crippen molar-refractivity contribution in [3.8, 4) is 0 Å². The first-order chi connectivity index (χ1) is 10.6. The summed E-state index contributed by atoms with van der Waals surface area (Å²) in [7, 11) is 0. The van der Waals surface area contributed by atoms with Crippen LogP contribution in [0.1, 0.15) is 16.1 Å². The molecule has 0 fully saturated rings. The number of benzene rings is 2. The van der Waals surface area contributed by atoms with Crippen molar-refractivity contribution in [2.24, 2.45) is 0 Å². The van der Waals surface area contributed by atoms with Crippen LogP contribution in [-0.4, -0.2) is 10.9 Å². The zero-order valence-electron chi connectivity index (χ0n) is 11.7. The van der Waals surface area contributed by atoms with Crippen LogP contribution in [0, 0.1) is 18.6 Å². The van der Waals surface area contributed by atoms with Crippen LogP contribution in [0.5, 0.6) is 0 Å². The third-order valence-corrected chi connectivity index (χ3v) is 3.31. The van der Waals surface area contributed by atoms with E-state index in [9.17, 15) is 13.6 Å². The summed E-state index contributed by atoms with van der Waals surface area (Å²) in [5.74, 6) is -2.25. The largest absolute Gasteiger partial charge is 0.317 e. The van der Waals surface area contributed by atoms with Gasteiger partial charge in [-0.25, -0.2) is 8.78 Å². The van der Waals surface area contributed by atoms with Gasteiger partial charge in [0, 0.05) is 11.1 Å². The van der Waals surface area contributed by atoms with Gasteiger partial charge in [-0.3, -0.25) is 9.78 Å². The van der Waals surface area contributed by atoms with Gasteiger partial charge in [0.1, 0.15) is 17.3 Å². The zero-order valence-corrected chi connectivity index (χ0v) is 11.7. The molecule has 1 heterocycles. The Labute approximate surface area is 125 Å². The van der Waals surface area contributed by atoms with Crippen molar-refractivity contribution in [1.29, 1.82) is 0 Å². The van der Waals surface area contributed by atoms with Gasteiger partial charge < -0.3 is 5.32 Å². The highest BCUT2D eigenvalue weighted by Gasteiger charge is 2.16. The molecule has 0 aliphatic rings. The standard InChI is InChI=1S/C17H12F2N2O/c1-10-8-9-11-4-2-5-12(15(11)20-10)17(22)21-16-13(18)6-3-7-14(16)19/h2-9H,1H3,(H,21,22). The van der Waals surface area contributed by atoms with Crippen LogP contribution in [0.3, 0.4) is 0 Å². The summed E-state index contributed by atoms with van der Waals surface area (Å²) in [4.78, 5) is 16.7. The maximum absolute atomic E-state index is 13.6. The van der Waals surface area contributed by atoms with Gasteiger partial charge in [0.05, 0.1) is 11.1 Å². The molecule has 0 spiro atoms. The molecule has 110 valence electrons. The Morgan fingerprint density at radius 2 is 1.68 bits per heavy atom. The van der Waals surface area contributed by atoms with E-state index in [0.717, 1.165) is 23.2 Å². The third-order valence-electron chi connectivity index (χ3n) is 3.31. The molecule has 0 saturated carbocycles. The first-order valence-electron chi connectivity index (χ1n) is 6.68. The van der Waals surface area contributed by atoms with Crippen LogP contribution >= 0.6 is 0 Å². The van der Waals surface area contributed by atoms with Crippen molar-refractivity contribution in [2.45, 2.75) is 6.92 Å². The Kier molecular flexibility index (Phi) is 3.55. The number of anilines is 1. The molecule has 22 heavy (non-hydrogen) atoms. The number of amides is 1. The number of halogens is 2. The van der Waals surface area contributed by atoms with Gasteiger partial charge in [-0.1, -0.05) is 24.3 Å². The quantitative estimate of drug-likeness (QED) is 0.774. The van der Waals surface area contributed by atoms with Crippen LogP contribution in [0.4, 0.5) is 14.5 Å². The lowest BCUT2D eigenvalue weighted by Crippen LogP contribution is -2.15. The fourth-order valence-electron chi connectivity index (χ4n) is 2.23. The molecule has 0 unspecified atom stereocenters. The topological polar surface area (TPSA) is 42.0 Å². The van der Waals surface area contributed by atoms with Gasteiger partial charge in [0.15, 0.2) is 0 Å². The number of aryl methyl sites for hydroxylation is 1. The van der Waals surface area contributed by atoms with E-state index >= 15 is 0 Å². The smallest absolute Gasteiger partial charge is 0.258 e. The van der Waals surface area contributed by atoms with Gasteiger partial charge in [0.25, 0.3) is 5.91 Å². The number of para-hydroxylation sites is 2. The second-order valence-electron chi connectivity index (χ2n) is 4.88. The lowest BCUT2D eigenvalue weighted by Gasteiger charge is -2.09. The molecule has 0 radical (unpaired) electrons. The van der Waals surface area contributed by atoms with Gasteiger partial charge in [-0.05, 0) is 31.2 Å². The average Bonchev–Trinajstić information content (AvgIpc) is 2.50. The lowest BCUT2D eigenvalue weighted by molar-refractivity contribution is 0.102. The number of hydrogen-bond acceptors (Lipinski definition) is 2. The molecule has 0 saturated heterocycles. The van der Waals surface area contributed by atoms with E-state index in [2.05, 4.69) is 10.3 Å². The van der Waals surface area contributed by atoms with Gasteiger partial charge in [0.2, 0.25) is 0 Å². The zero-order chi connectivity index (χ0) is 15.7. The minimum Gasteiger partial charge on any atom is -0.317 e. The highest BCUT2D eigenvalue weighted by molar-refractivity contribution is 6.11. The highest BCUT2D eigenvalue weighted by atomic mass is 19.1. The Morgan fingerprint density at radius 1 is 1.00 bits per heavy atom. The number of nitrogens with one attached hydrogen (secondary N) is 1. The van der Waals surface area contributed by atoms with Crippen LogP contribution in [-0.2, 0) is 0 Å². The molecule has 0 aliphatic carbocycles. The molecule has 0 atom stereocenters. The number of nitrogens with zero attached hydrogens (tertiary/aromatic N) is 1. The Balaban J connectivity index is 2.04. The molecule has 1 amide bonds. The van der Waals surface area contributed by atoms with Gasteiger partial charge in [-0.15, -0.1) is 0 Å². The van der Waals surface area contributed by atoms with Gasteiger partial charge in [-0.2, -0.15) is 0 Å². The SMILES string of the molecule is Cc1ccc2cccc(C(=O)Nc3c(F)cccc3F)c2n1. The average molecular weight is 298 g/mol. The van der Waals surface area contributed by atoms with Crippen LogP contribution in [0.2, 0.25) is 0 Å². The summed E-state index contributed by atoms with van der Waals surface area (Å²) in [6, 6.07) is 12.2. The number of fused-ring (bicyclic) bond motifs is 1. The number of pyridine rings is 1. The monoisotopic (exact) mass is 298 g/mol. The van der Waals surface area contributed by atoms with Crippen LogP contribution in [0.15, 0.2) is 48.5 Å². The maximum Gasteiger partial charge on any atom is 0.258 e. The second-order valence-corrected chi connectivity index (χ2v) is 4.88. The summed E-state index contributed by atoms with van der Waals surface area (Å²) in [6.45, 7) is 1.81. The molecular formula is C17H12F2N2O. The minimum absolute atomic E-state index is 0.267. The van der Waals surface area contributed by atoms with Crippen molar-refractivity contribution in [3.63, 3.8) is 0 Å². The van der Waals surface area contributed by atoms with E-state index in [-0.39, 0.29) is 5.56 Å². The molecule has 2 aromatic carbocycles. The van der Waals surface area contributed by atoms with Gasteiger partial charge >= 0.3 is 0 Å². The number of carbonyl (C=O) groups excluding carboxylic acids is 1. The van der Waals surface area contributed by atoms with E-state index in [4.69, 9.17) is 0 Å². The van der Waals surface area contributed by atoms with E-state index < -0.39 is 23.2 Å². The molecule has 1 N–H and O–H groups in total. The third kappa shape index (κ3) is 2.53. The first kappa shape index (κ1) is 14.1. The van der Waals surface area contributed by atoms with Crippen molar-refractivity contribution in [2.75, 3.05) is 5.32 Å². The Bertz CT molecular complexity index is 857. The molecule has 5 heteroatoms. The Hall–Kier alpha value is -2.82. The first-order valence-corrected chi connectivity index (χ1v) is 6.68. The van der Waals surface area contributed by atoms with E-state index in [1.165, 1.54) is 6.07 Å². The second kappa shape index (κ2) is 5.52. The number of carbonyl (C=O) groups is 1. The predicted octanol–water partition coefficient (Wildman–Crippen LogP) is 4.07. The fourth-order valence-corrected chi connectivity index (χ4v) is 2.23. The number of hydrogen-bond donors (Lipinski definition) is 1. The summed E-state index contributed by atoms with van der Waals surface area (Å²) in [5, 5.41) is 3.06. The number of aromatic nitrogens is 1. The molecule has 3 aromatic rings. The van der Waals surface area contributed by atoms with Crippen LogP contribution < -0.4 is 5.32 Å². The summed E-state index contributed by atoms with van der Waals surface area (Å²) < 4.78 is 27.3. The molecule has 3 rings (SSSR count). The molecule has 1 aromatic heterocycles. The summed E-state index contributed by atoms with van der Waals surface area (Å²) in [5.41, 5.74) is 1.06. The van der Waals surface area contributed by atoms with E-state index in [1.54, 1.807) is 12.1 Å². The van der Waals surface area contributed by atoms with Crippen molar-refractivity contribution >= 4 is 22.5 Å². The number of rotatable bonds is 2. The van der Waals surface area contributed by atoms with Crippen LogP contribution in [0.25, 0.3) is 10.9 Å². The Morgan fingerprint density at radius 3 is 2.41 bits per heavy atom. The van der Waals surface area contributed by atoms with E-state index in [0.29, 0.717) is 5.52 Å². The fraction of sp³-hybridized carbons (Fsp3) is 0.0588. The van der Waals surface area contributed by atoms with Crippen molar-refractivity contribution < 1.29 is 13.6 Å². The molecule has 0 bridgehead atoms. The lowest BCUT2D eigenvalue weighted by atomic mass is 10.1. The van der Waals surface area contributed by atoms with Crippen molar-refractivity contribution in [1.82, 2.24) is 4.98 Å². The summed E-state index contributed by atoms with van der Waals surface area (Å²) in [6.07, 6.45) is 0. The molecule has 0 aliphatic heterocycles. The molecule has 3 nitrogen and oxygen atoms in total. The highest BCUT2D eigenvalue weighted by Crippen LogP contribution is 2.22. The molecular weight excluding hydrogens is 286 g/mol. The predicted molar refractivity (Wildman–Crippen MR) is 80.8 cm³/mol. The normalized spacial score (nSPS) is 10.7. The van der Waals surface area contributed by atoms with E-state index in [1.807, 2.05) is 25.1 Å². The van der Waals surface area contributed by atoms with Crippen molar-refractivity contribution in [3.05, 3.63) is 71.4 Å².